The zero-order valence-corrected chi connectivity index (χ0v) is 15.2. The molecule has 0 radical (unpaired) electrons. The van der Waals surface area contributed by atoms with Crippen LogP contribution in [0.5, 0.6) is 11.5 Å². The molecule has 6 nitrogen and oxygen atoms in total. The number of aryl methyl sites for hydroxylation is 2. The van der Waals surface area contributed by atoms with Gasteiger partial charge in [-0.3, -0.25) is 4.72 Å². The molecule has 0 aliphatic rings. The molecule has 1 aromatic heterocycles. The first-order chi connectivity index (χ1) is 10.9. The van der Waals surface area contributed by atoms with Gasteiger partial charge in [0.25, 0.3) is 10.0 Å². The zero-order valence-electron chi connectivity index (χ0n) is 13.5. The molecule has 1 N–H and O–H groups in total. The highest BCUT2D eigenvalue weighted by molar-refractivity contribution is 7.93. The lowest BCUT2D eigenvalue weighted by Gasteiger charge is -2.13. The van der Waals surface area contributed by atoms with Crippen LogP contribution in [-0.4, -0.2) is 26.6 Å². The predicted molar refractivity (Wildman–Crippen MR) is 91.2 cm³/mol. The highest BCUT2D eigenvalue weighted by atomic mass is 32.2. The van der Waals surface area contributed by atoms with Crippen molar-refractivity contribution in [3.05, 3.63) is 28.9 Å². The Morgan fingerprint density at radius 2 is 1.78 bits per heavy atom. The smallest absolute Gasteiger partial charge is 0.262 e. The highest BCUT2D eigenvalue weighted by Crippen LogP contribution is 2.32. The molecule has 2 rings (SSSR count). The van der Waals surface area contributed by atoms with Gasteiger partial charge in [0.2, 0.25) is 0 Å². The zero-order chi connectivity index (χ0) is 17.0. The minimum Gasteiger partial charge on any atom is -0.490 e. The number of anilines is 1. The van der Waals surface area contributed by atoms with Crippen molar-refractivity contribution >= 4 is 26.4 Å². The summed E-state index contributed by atoms with van der Waals surface area (Å²) in [5, 5.41) is 1.33. The molecule has 0 aliphatic carbocycles. The molecule has 0 saturated carbocycles. The highest BCUT2D eigenvalue weighted by Gasteiger charge is 2.19. The van der Waals surface area contributed by atoms with Crippen LogP contribution in [0.15, 0.2) is 23.1 Å². The van der Waals surface area contributed by atoms with E-state index in [1.54, 1.807) is 13.0 Å². The van der Waals surface area contributed by atoms with Gasteiger partial charge in [-0.05, 0) is 39.8 Å². The Kier molecular flexibility index (Phi) is 5.48. The summed E-state index contributed by atoms with van der Waals surface area (Å²) in [7, 11) is -3.71. The van der Waals surface area contributed by atoms with Gasteiger partial charge in [0.05, 0.1) is 28.8 Å². The lowest BCUT2D eigenvalue weighted by molar-refractivity contribution is 0.287. The second-order valence-corrected chi connectivity index (χ2v) is 7.61. The van der Waals surface area contributed by atoms with E-state index in [1.165, 1.54) is 23.5 Å². The minimum absolute atomic E-state index is 0.120. The van der Waals surface area contributed by atoms with Gasteiger partial charge in [0.15, 0.2) is 11.5 Å². The summed E-state index contributed by atoms with van der Waals surface area (Å²) in [5.41, 5.74) is 0.659. The number of hydrogen-bond donors (Lipinski definition) is 1. The molecule has 0 unspecified atom stereocenters. The van der Waals surface area contributed by atoms with Gasteiger partial charge < -0.3 is 9.47 Å². The van der Waals surface area contributed by atoms with Gasteiger partial charge in [-0.15, -0.1) is 11.3 Å². The Morgan fingerprint density at radius 3 is 2.35 bits per heavy atom. The van der Waals surface area contributed by atoms with Crippen LogP contribution in [0.4, 0.5) is 5.00 Å². The van der Waals surface area contributed by atoms with E-state index in [0.29, 0.717) is 35.4 Å². The van der Waals surface area contributed by atoms with Gasteiger partial charge in [-0.2, -0.15) is 0 Å². The molecule has 0 saturated heterocycles. The Bertz CT molecular complexity index is 785. The SMILES string of the molecule is CCOc1ccc(S(=O)(=O)Nc2sc(C)nc2C)cc1OCC. The number of nitrogens with zero attached hydrogens (tertiary/aromatic N) is 1. The predicted octanol–water partition coefficient (Wildman–Crippen LogP) is 3.36. The average molecular weight is 356 g/mol. The molecule has 0 atom stereocenters. The van der Waals surface area contributed by atoms with Crippen LogP contribution in [0.25, 0.3) is 0 Å². The number of sulfonamides is 1. The second-order valence-electron chi connectivity index (χ2n) is 4.73. The van der Waals surface area contributed by atoms with E-state index in [9.17, 15) is 8.42 Å². The fraction of sp³-hybridized carbons (Fsp3) is 0.400. The number of hydrogen-bond acceptors (Lipinski definition) is 6. The van der Waals surface area contributed by atoms with E-state index in [1.807, 2.05) is 20.8 Å². The normalized spacial score (nSPS) is 11.3. The molecule has 1 aromatic carbocycles. The van der Waals surface area contributed by atoms with Crippen molar-refractivity contribution in [1.82, 2.24) is 4.98 Å². The Labute approximate surface area is 140 Å². The lowest BCUT2D eigenvalue weighted by atomic mass is 10.3. The van der Waals surface area contributed by atoms with Crippen LogP contribution in [0.1, 0.15) is 24.5 Å². The summed E-state index contributed by atoms with van der Waals surface area (Å²) >= 11 is 1.30. The molecule has 8 heteroatoms. The maximum Gasteiger partial charge on any atom is 0.262 e. The van der Waals surface area contributed by atoms with Crippen molar-refractivity contribution in [3.8, 4) is 11.5 Å². The summed E-state index contributed by atoms with van der Waals surface area (Å²) in [6.45, 7) is 8.19. The van der Waals surface area contributed by atoms with Crippen LogP contribution >= 0.6 is 11.3 Å². The lowest BCUT2D eigenvalue weighted by Crippen LogP contribution is -2.13. The molecule has 126 valence electrons. The standard InChI is InChI=1S/C15H20N2O4S2/c1-5-20-13-8-7-12(9-14(13)21-6-2)23(18,19)17-15-10(3)16-11(4)22-15/h7-9,17H,5-6H2,1-4H3. The number of benzene rings is 1. The number of aromatic nitrogens is 1. The second kappa shape index (κ2) is 7.18. The first kappa shape index (κ1) is 17.6. The maximum absolute atomic E-state index is 12.6. The Balaban J connectivity index is 2.35. The molecule has 23 heavy (non-hydrogen) atoms. The summed E-state index contributed by atoms with van der Waals surface area (Å²) < 4.78 is 38.6. The minimum atomic E-state index is -3.71. The van der Waals surface area contributed by atoms with Crippen molar-refractivity contribution in [1.29, 1.82) is 0 Å². The largest absolute Gasteiger partial charge is 0.490 e. The van der Waals surface area contributed by atoms with Crippen LogP contribution in [0, 0.1) is 13.8 Å². The summed E-state index contributed by atoms with van der Waals surface area (Å²) in [6.07, 6.45) is 0. The Morgan fingerprint density at radius 1 is 1.13 bits per heavy atom. The van der Waals surface area contributed by atoms with Crippen LogP contribution in [0.3, 0.4) is 0 Å². The monoisotopic (exact) mass is 356 g/mol. The molecule has 1 heterocycles. The van der Waals surface area contributed by atoms with Gasteiger partial charge in [0.1, 0.15) is 5.00 Å². The third-order valence-corrected chi connectivity index (χ3v) is 5.42. The third kappa shape index (κ3) is 4.14. The van der Waals surface area contributed by atoms with Gasteiger partial charge >= 0.3 is 0 Å². The molecular weight excluding hydrogens is 336 g/mol. The number of nitrogens with one attached hydrogen (secondary N) is 1. The number of ether oxygens (including phenoxy) is 2. The van der Waals surface area contributed by atoms with E-state index in [-0.39, 0.29) is 4.90 Å². The molecule has 0 bridgehead atoms. The van der Waals surface area contributed by atoms with Crippen molar-refractivity contribution in [2.45, 2.75) is 32.6 Å². The first-order valence-corrected chi connectivity index (χ1v) is 9.53. The number of rotatable bonds is 7. The molecule has 2 aromatic rings. The fourth-order valence-electron chi connectivity index (χ4n) is 2.01. The molecule has 0 aliphatic heterocycles. The van der Waals surface area contributed by atoms with Crippen molar-refractivity contribution in [2.24, 2.45) is 0 Å². The van der Waals surface area contributed by atoms with Gasteiger partial charge in [-0.1, -0.05) is 0 Å². The molecule has 0 spiro atoms. The van der Waals surface area contributed by atoms with Gasteiger partial charge in [-0.25, -0.2) is 13.4 Å². The van der Waals surface area contributed by atoms with E-state index < -0.39 is 10.0 Å². The summed E-state index contributed by atoms with van der Waals surface area (Å²) in [6, 6.07) is 4.58. The quantitative estimate of drug-likeness (QED) is 0.823. The van der Waals surface area contributed by atoms with E-state index in [0.717, 1.165) is 5.01 Å². The first-order valence-electron chi connectivity index (χ1n) is 7.23. The van der Waals surface area contributed by atoms with Crippen LogP contribution in [0.2, 0.25) is 0 Å². The Hall–Kier alpha value is -1.80. The van der Waals surface area contributed by atoms with Crippen molar-refractivity contribution in [3.63, 3.8) is 0 Å². The third-order valence-electron chi connectivity index (χ3n) is 2.96. The topological polar surface area (TPSA) is 77.5 Å². The summed E-state index contributed by atoms with van der Waals surface area (Å²) in [4.78, 5) is 4.34. The van der Waals surface area contributed by atoms with Crippen molar-refractivity contribution in [2.75, 3.05) is 17.9 Å². The average Bonchev–Trinajstić information content (AvgIpc) is 2.78. The fourth-order valence-corrected chi connectivity index (χ4v) is 4.19. The van der Waals surface area contributed by atoms with Gasteiger partial charge in [0, 0.05) is 6.07 Å². The van der Waals surface area contributed by atoms with Crippen LogP contribution in [-0.2, 0) is 10.0 Å². The van der Waals surface area contributed by atoms with E-state index >= 15 is 0 Å². The van der Waals surface area contributed by atoms with Crippen LogP contribution < -0.4 is 14.2 Å². The van der Waals surface area contributed by atoms with Crippen molar-refractivity contribution < 1.29 is 17.9 Å². The molecule has 0 amide bonds. The summed E-state index contributed by atoms with van der Waals surface area (Å²) in [5.74, 6) is 0.938. The molecular formula is C15H20N2O4S2. The number of thiazole rings is 1. The van der Waals surface area contributed by atoms with E-state index in [4.69, 9.17) is 9.47 Å². The van der Waals surface area contributed by atoms with E-state index in [2.05, 4.69) is 9.71 Å². The maximum atomic E-state index is 12.6. The molecule has 0 fully saturated rings.